The van der Waals surface area contributed by atoms with Gasteiger partial charge in [0.1, 0.15) is 11.5 Å². The molecule has 198 valence electrons. The van der Waals surface area contributed by atoms with E-state index in [2.05, 4.69) is 127 Å². The minimum Gasteiger partial charge on any atom is -0.333 e. The maximum Gasteiger partial charge on any atom is 0.138 e. The number of rotatable bonds is 5. The average molecular weight is 509 g/mol. The fourth-order valence-corrected chi connectivity index (χ4v) is 4.23. The van der Waals surface area contributed by atoms with Crippen LogP contribution in [0.4, 0.5) is 0 Å². The summed E-state index contributed by atoms with van der Waals surface area (Å²) in [6, 6.07) is 23.3. The second kappa shape index (κ2) is 13.6. The molecule has 2 N–H and O–H groups in total. The Balaban J connectivity index is 0.000000307. The van der Waals surface area contributed by atoms with E-state index in [1.807, 2.05) is 13.0 Å². The Labute approximate surface area is 227 Å². The lowest BCUT2D eigenvalue weighted by Crippen LogP contribution is -2.10. The molecule has 0 aliphatic carbocycles. The molecule has 2 aromatic carbocycles. The SMILES string of the molecule is CCc1cccc(C)c1.CN.Cc1ccc(-c2nc3cc(CN(C)C)ccn3c2-c2ccnc(C)n2)cc1. The molecule has 38 heavy (non-hydrogen) atoms. The molecule has 5 rings (SSSR count). The monoisotopic (exact) mass is 508 g/mol. The fourth-order valence-electron chi connectivity index (χ4n) is 4.23. The van der Waals surface area contributed by atoms with Crippen LogP contribution in [-0.2, 0) is 13.0 Å². The van der Waals surface area contributed by atoms with E-state index in [1.54, 1.807) is 6.20 Å². The van der Waals surface area contributed by atoms with Gasteiger partial charge in [0, 0.05) is 24.5 Å². The van der Waals surface area contributed by atoms with Crippen LogP contribution in [0, 0.1) is 20.8 Å². The van der Waals surface area contributed by atoms with Gasteiger partial charge in [-0.25, -0.2) is 15.0 Å². The van der Waals surface area contributed by atoms with Crippen molar-refractivity contribution >= 4 is 5.65 Å². The third kappa shape index (κ3) is 7.34. The van der Waals surface area contributed by atoms with Crippen LogP contribution < -0.4 is 5.73 Å². The van der Waals surface area contributed by atoms with E-state index < -0.39 is 0 Å². The zero-order valence-electron chi connectivity index (χ0n) is 23.7. The summed E-state index contributed by atoms with van der Waals surface area (Å²) < 4.78 is 2.12. The first-order valence-corrected chi connectivity index (χ1v) is 13.0. The van der Waals surface area contributed by atoms with Gasteiger partial charge in [-0.05, 0) is 77.7 Å². The minimum atomic E-state index is 0.751. The van der Waals surface area contributed by atoms with Gasteiger partial charge < -0.3 is 10.6 Å². The zero-order valence-corrected chi connectivity index (χ0v) is 23.7. The maximum absolute atomic E-state index is 4.97. The van der Waals surface area contributed by atoms with Crippen LogP contribution in [0.1, 0.15) is 35.0 Å². The lowest BCUT2D eigenvalue weighted by atomic mass is 10.1. The molecule has 0 bridgehead atoms. The molecule has 3 heterocycles. The van der Waals surface area contributed by atoms with E-state index in [1.165, 1.54) is 29.3 Å². The Morgan fingerprint density at radius 2 is 1.55 bits per heavy atom. The summed E-state index contributed by atoms with van der Waals surface area (Å²) >= 11 is 0. The lowest BCUT2D eigenvalue weighted by molar-refractivity contribution is 0.402. The highest BCUT2D eigenvalue weighted by Crippen LogP contribution is 2.32. The maximum atomic E-state index is 4.97. The normalized spacial score (nSPS) is 10.6. The summed E-state index contributed by atoms with van der Waals surface area (Å²) in [5, 5.41) is 0. The van der Waals surface area contributed by atoms with Crippen molar-refractivity contribution in [2.24, 2.45) is 5.73 Å². The van der Waals surface area contributed by atoms with Gasteiger partial charge in [0.2, 0.25) is 0 Å². The third-order valence-electron chi connectivity index (χ3n) is 6.02. The van der Waals surface area contributed by atoms with Crippen molar-refractivity contribution in [1.29, 1.82) is 0 Å². The van der Waals surface area contributed by atoms with E-state index in [-0.39, 0.29) is 0 Å². The number of benzene rings is 2. The van der Waals surface area contributed by atoms with Crippen LogP contribution in [0.15, 0.2) is 79.1 Å². The number of nitrogens with zero attached hydrogens (tertiary/aromatic N) is 5. The molecule has 6 heteroatoms. The Hall–Kier alpha value is -3.87. The predicted octanol–water partition coefficient (Wildman–Crippen LogP) is 6.27. The van der Waals surface area contributed by atoms with E-state index in [0.717, 1.165) is 47.1 Å². The van der Waals surface area contributed by atoms with Crippen molar-refractivity contribution in [3.63, 3.8) is 0 Å². The van der Waals surface area contributed by atoms with Crippen molar-refractivity contribution < 1.29 is 0 Å². The van der Waals surface area contributed by atoms with Gasteiger partial charge >= 0.3 is 0 Å². The lowest BCUT2D eigenvalue weighted by Gasteiger charge is -2.10. The van der Waals surface area contributed by atoms with Crippen LogP contribution in [0.5, 0.6) is 0 Å². The Morgan fingerprint density at radius 3 is 2.16 bits per heavy atom. The molecule has 5 aromatic rings. The first-order valence-electron chi connectivity index (χ1n) is 13.0. The number of hydrogen-bond acceptors (Lipinski definition) is 5. The summed E-state index contributed by atoms with van der Waals surface area (Å²) in [6.07, 6.45) is 5.03. The van der Waals surface area contributed by atoms with Crippen molar-refractivity contribution in [2.75, 3.05) is 21.1 Å². The van der Waals surface area contributed by atoms with E-state index in [9.17, 15) is 0 Å². The summed E-state index contributed by atoms with van der Waals surface area (Å²) in [7, 11) is 5.64. The molecular formula is C32H40N6. The highest BCUT2D eigenvalue weighted by Gasteiger charge is 2.17. The first-order chi connectivity index (χ1) is 18.3. The molecule has 0 radical (unpaired) electrons. The number of hydrogen-bond donors (Lipinski definition) is 1. The molecular weight excluding hydrogens is 468 g/mol. The van der Waals surface area contributed by atoms with Crippen molar-refractivity contribution in [2.45, 2.75) is 40.7 Å². The zero-order chi connectivity index (χ0) is 27.7. The van der Waals surface area contributed by atoms with Gasteiger partial charge in [-0.2, -0.15) is 0 Å². The molecule has 0 amide bonds. The summed E-state index contributed by atoms with van der Waals surface area (Å²) in [5.41, 5.74) is 14.6. The third-order valence-corrected chi connectivity index (χ3v) is 6.02. The van der Waals surface area contributed by atoms with Crippen LogP contribution in [0.3, 0.4) is 0 Å². The molecule has 0 saturated carbocycles. The van der Waals surface area contributed by atoms with Crippen molar-refractivity contribution in [3.05, 3.63) is 107 Å². The Morgan fingerprint density at radius 1 is 0.816 bits per heavy atom. The summed E-state index contributed by atoms with van der Waals surface area (Å²) in [5.74, 6) is 0.751. The molecule has 0 aliphatic rings. The van der Waals surface area contributed by atoms with E-state index >= 15 is 0 Å². The van der Waals surface area contributed by atoms with Crippen LogP contribution >= 0.6 is 0 Å². The summed E-state index contributed by atoms with van der Waals surface area (Å²) in [6.45, 7) is 9.18. The molecule has 0 aliphatic heterocycles. The highest BCUT2D eigenvalue weighted by atomic mass is 15.1. The number of imidazole rings is 1. The van der Waals surface area contributed by atoms with E-state index in [4.69, 9.17) is 4.98 Å². The largest absolute Gasteiger partial charge is 0.333 e. The number of aromatic nitrogens is 4. The standard InChI is InChI=1S/C22H23N5.C9H12.CH5N/c1-15-5-7-18(8-6-15)21-22(19-9-11-23-16(2)24-19)27-12-10-17(14-26(3)4)13-20(27)25-21;1-3-9-6-4-5-8(2)7-9;1-2/h5-13H,14H2,1-4H3;4-7H,3H2,1-2H3;2H2,1H3. The second-order valence-corrected chi connectivity index (χ2v) is 9.51. The Bertz CT molecular complexity index is 1450. The van der Waals surface area contributed by atoms with Gasteiger partial charge in [-0.1, -0.05) is 66.6 Å². The highest BCUT2D eigenvalue weighted by molar-refractivity contribution is 5.80. The molecule has 0 fully saturated rings. The molecule has 0 unspecified atom stereocenters. The molecule has 0 saturated heterocycles. The summed E-state index contributed by atoms with van der Waals surface area (Å²) in [4.78, 5) is 16.0. The fraction of sp³-hybridized carbons (Fsp3) is 0.281. The first kappa shape index (κ1) is 28.7. The van der Waals surface area contributed by atoms with Crippen LogP contribution in [0.2, 0.25) is 0 Å². The average Bonchev–Trinajstić information content (AvgIpc) is 3.29. The molecule has 0 atom stereocenters. The number of pyridine rings is 1. The van der Waals surface area contributed by atoms with Gasteiger partial charge in [0.15, 0.2) is 0 Å². The topological polar surface area (TPSA) is 72.3 Å². The van der Waals surface area contributed by atoms with Crippen molar-refractivity contribution in [3.8, 4) is 22.6 Å². The number of aryl methyl sites for hydroxylation is 4. The molecule has 0 spiro atoms. The Kier molecular flexibility index (Phi) is 10.3. The van der Waals surface area contributed by atoms with Crippen molar-refractivity contribution in [1.82, 2.24) is 24.3 Å². The molecule has 6 nitrogen and oxygen atoms in total. The minimum absolute atomic E-state index is 0.751. The number of nitrogens with two attached hydrogens (primary N) is 1. The smallest absolute Gasteiger partial charge is 0.138 e. The van der Waals surface area contributed by atoms with Crippen LogP contribution in [-0.4, -0.2) is 45.4 Å². The van der Waals surface area contributed by atoms with Gasteiger partial charge in [-0.3, -0.25) is 4.40 Å². The quantitative estimate of drug-likeness (QED) is 0.303. The van der Waals surface area contributed by atoms with Crippen LogP contribution in [0.25, 0.3) is 28.3 Å². The predicted molar refractivity (Wildman–Crippen MR) is 159 cm³/mol. The van der Waals surface area contributed by atoms with E-state index in [0.29, 0.717) is 0 Å². The number of fused-ring (bicyclic) bond motifs is 1. The molecule has 3 aromatic heterocycles. The second-order valence-electron chi connectivity index (χ2n) is 9.51. The van der Waals surface area contributed by atoms with Gasteiger partial charge in [0.25, 0.3) is 0 Å². The van der Waals surface area contributed by atoms with Gasteiger partial charge in [-0.15, -0.1) is 0 Å². The van der Waals surface area contributed by atoms with Gasteiger partial charge in [0.05, 0.1) is 17.1 Å².